The number of aromatic nitrogens is 3. The van der Waals surface area contributed by atoms with Gasteiger partial charge in [-0.05, 0) is 36.1 Å². The van der Waals surface area contributed by atoms with Crippen LogP contribution in [0.15, 0.2) is 30.5 Å². The van der Waals surface area contributed by atoms with Crippen molar-refractivity contribution in [3.8, 4) is 0 Å². The van der Waals surface area contributed by atoms with E-state index in [1.807, 2.05) is 18.3 Å². The van der Waals surface area contributed by atoms with Crippen molar-refractivity contribution in [3.05, 3.63) is 52.6 Å². The van der Waals surface area contributed by atoms with Gasteiger partial charge in [-0.15, -0.1) is 0 Å². The number of benzene rings is 1. The van der Waals surface area contributed by atoms with Crippen molar-refractivity contribution in [2.45, 2.75) is 19.4 Å². The molecule has 0 aliphatic carbocycles. The van der Waals surface area contributed by atoms with E-state index in [-0.39, 0.29) is 11.8 Å². The molecule has 0 unspecified atom stereocenters. The summed E-state index contributed by atoms with van der Waals surface area (Å²) in [6, 6.07) is 8.20. The number of sulfonamides is 1. The molecule has 9 heteroatoms. The summed E-state index contributed by atoms with van der Waals surface area (Å²) < 4.78 is 25.0. The minimum atomic E-state index is -3.26. The number of rotatable bonds is 5. The van der Waals surface area contributed by atoms with Crippen molar-refractivity contribution in [1.29, 1.82) is 0 Å². The number of nitrogens with one attached hydrogen (secondary N) is 2. The lowest BCUT2D eigenvalue weighted by Gasteiger charge is -2.27. The third-order valence-electron chi connectivity index (χ3n) is 4.83. The Labute approximate surface area is 162 Å². The fraction of sp³-hybridized carbons (Fsp3) is 0.333. The van der Waals surface area contributed by atoms with Crippen LogP contribution in [-0.4, -0.2) is 47.0 Å². The highest BCUT2D eigenvalue weighted by atomic mass is 35.5. The number of para-hydroxylation sites is 1. The fourth-order valence-corrected chi connectivity index (χ4v) is 4.43. The second-order valence-corrected chi connectivity index (χ2v) is 8.97. The van der Waals surface area contributed by atoms with Crippen LogP contribution in [0, 0.1) is 0 Å². The van der Waals surface area contributed by atoms with Gasteiger partial charge in [0.05, 0.1) is 18.5 Å². The predicted octanol–water partition coefficient (Wildman–Crippen LogP) is 2.58. The van der Waals surface area contributed by atoms with Crippen LogP contribution in [0.2, 0.25) is 5.28 Å². The molecule has 3 aromatic rings. The Morgan fingerprint density at radius 2 is 2.11 bits per heavy atom. The quantitative estimate of drug-likeness (QED) is 0.636. The van der Waals surface area contributed by atoms with Gasteiger partial charge in [0.2, 0.25) is 15.3 Å². The van der Waals surface area contributed by atoms with Crippen LogP contribution < -0.4 is 5.32 Å². The van der Waals surface area contributed by atoms with Gasteiger partial charge in [-0.3, -0.25) is 0 Å². The number of anilines is 1. The molecular weight excluding hydrogens is 386 g/mol. The summed E-state index contributed by atoms with van der Waals surface area (Å²) in [5.74, 6) is 0.693. The van der Waals surface area contributed by atoms with Crippen molar-refractivity contribution in [1.82, 2.24) is 19.3 Å². The number of halogens is 1. The first-order valence-corrected chi connectivity index (χ1v) is 10.9. The molecule has 4 rings (SSSR count). The molecular formula is C18H20ClN5O2S. The zero-order valence-electron chi connectivity index (χ0n) is 14.9. The smallest absolute Gasteiger partial charge is 0.224 e. The molecule has 0 bridgehead atoms. The van der Waals surface area contributed by atoms with Gasteiger partial charge in [0.1, 0.15) is 5.82 Å². The van der Waals surface area contributed by atoms with Gasteiger partial charge in [0, 0.05) is 35.8 Å². The predicted molar refractivity (Wildman–Crippen MR) is 106 cm³/mol. The largest absolute Gasteiger partial charge is 0.369 e. The number of hydrogen-bond donors (Lipinski definition) is 2. The molecule has 7 nitrogen and oxygen atoms in total. The summed E-state index contributed by atoms with van der Waals surface area (Å²) in [5, 5.41) is 4.69. The Kier molecular flexibility index (Phi) is 4.79. The lowest BCUT2D eigenvalue weighted by Crippen LogP contribution is -2.36. The van der Waals surface area contributed by atoms with Crippen molar-refractivity contribution >= 4 is 38.3 Å². The Balaban J connectivity index is 1.51. The van der Waals surface area contributed by atoms with Gasteiger partial charge < -0.3 is 10.3 Å². The number of H-pyrrole nitrogens is 1. The first-order chi connectivity index (χ1) is 12.9. The Morgan fingerprint density at radius 3 is 2.93 bits per heavy atom. The van der Waals surface area contributed by atoms with Crippen molar-refractivity contribution < 1.29 is 8.42 Å². The standard InChI is InChI=1S/C18H20ClN5O2S/c1-27(25,26)24-9-7-14-16(11-24)22-18(19)23-17(14)20-8-6-12-10-21-15-5-3-2-4-13(12)15/h2-5,10,21H,6-9,11H2,1H3,(H,20,22,23). The lowest BCUT2D eigenvalue weighted by atomic mass is 10.1. The summed E-state index contributed by atoms with van der Waals surface area (Å²) in [7, 11) is -3.26. The summed E-state index contributed by atoms with van der Waals surface area (Å²) >= 11 is 6.07. The molecule has 142 valence electrons. The molecule has 0 spiro atoms. The van der Waals surface area contributed by atoms with Crippen LogP contribution in [-0.2, 0) is 29.4 Å². The van der Waals surface area contributed by atoms with E-state index in [9.17, 15) is 8.42 Å². The molecule has 1 aromatic carbocycles. The molecule has 2 N–H and O–H groups in total. The maximum Gasteiger partial charge on any atom is 0.224 e. The molecule has 1 aliphatic rings. The molecule has 27 heavy (non-hydrogen) atoms. The first-order valence-electron chi connectivity index (χ1n) is 8.71. The third kappa shape index (κ3) is 3.78. The molecule has 0 atom stereocenters. The van der Waals surface area contributed by atoms with Crippen LogP contribution in [0.5, 0.6) is 0 Å². The summed E-state index contributed by atoms with van der Waals surface area (Å²) in [6.07, 6.45) is 4.63. The second-order valence-electron chi connectivity index (χ2n) is 6.65. The van der Waals surface area contributed by atoms with Gasteiger partial charge in [-0.1, -0.05) is 18.2 Å². The normalized spacial score (nSPS) is 15.0. The Bertz CT molecular complexity index is 1100. The van der Waals surface area contributed by atoms with Crippen LogP contribution in [0.25, 0.3) is 10.9 Å². The molecule has 0 saturated heterocycles. The van der Waals surface area contributed by atoms with Gasteiger partial charge >= 0.3 is 0 Å². The number of aromatic amines is 1. The van der Waals surface area contributed by atoms with Crippen LogP contribution in [0.1, 0.15) is 16.8 Å². The van der Waals surface area contributed by atoms with Gasteiger partial charge in [-0.2, -0.15) is 4.31 Å². The summed E-state index contributed by atoms with van der Waals surface area (Å²) in [6.45, 7) is 1.35. The Morgan fingerprint density at radius 1 is 1.30 bits per heavy atom. The highest BCUT2D eigenvalue weighted by Gasteiger charge is 2.27. The van der Waals surface area contributed by atoms with Gasteiger partial charge in [-0.25, -0.2) is 18.4 Å². The maximum absolute atomic E-state index is 11.8. The molecule has 3 heterocycles. The highest BCUT2D eigenvalue weighted by Crippen LogP contribution is 2.26. The number of nitrogens with zero attached hydrogens (tertiary/aromatic N) is 3. The minimum Gasteiger partial charge on any atom is -0.369 e. The monoisotopic (exact) mass is 405 g/mol. The van der Waals surface area contributed by atoms with E-state index in [0.717, 1.165) is 17.5 Å². The van der Waals surface area contributed by atoms with Crippen molar-refractivity contribution in [2.75, 3.05) is 24.7 Å². The summed E-state index contributed by atoms with van der Waals surface area (Å²) in [4.78, 5) is 11.8. The van der Waals surface area contributed by atoms with E-state index < -0.39 is 10.0 Å². The average Bonchev–Trinajstić information content (AvgIpc) is 3.03. The molecule has 0 radical (unpaired) electrons. The fourth-order valence-electron chi connectivity index (χ4n) is 3.46. The van der Waals surface area contributed by atoms with E-state index >= 15 is 0 Å². The summed E-state index contributed by atoms with van der Waals surface area (Å²) in [5.41, 5.74) is 3.96. The average molecular weight is 406 g/mol. The third-order valence-corrected chi connectivity index (χ3v) is 6.25. The van der Waals surface area contributed by atoms with E-state index in [1.54, 1.807) is 0 Å². The van der Waals surface area contributed by atoms with E-state index in [0.29, 0.717) is 31.0 Å². The molecule has 0 amide bonds. The van der Waals surface area contributed by atoms with E-state index in [4.69, 9.17) is 11.6 Å². The molecule has 2 aromatic heterocycles. The maximum atomic E-state index is 11.8. The van der Waals surface area contributed by atoms with Crippen LogP contribution in [0.4, 0.5) is 5.82 Å². The Hall–Kier alpha value is -2.16. The number of fused-ring (bicyclic) bond motifs is 2. The topological polar surface area (TPSA) is 91.0 Å². The molecule has 0 saturated carbocycles. The number of hydrogen-bond acceptors (Lipinski definition) is 5. The lowest BCUT2D eigenvalue weighted by molar-refractivity contribution is 0.388. The molecule has 1 aliphatic heterocycles. The van der Waals surface area contributed by atoms with Gasteiger partial charge in [0.15, 0.2) is 0 Å². The minimum absolute atomic E-state index is 0.124. The van der Waals surface area contributed by atoms with Gasteiger partial charge in [0.25, 0.3) is 0 Å². The van der Waals surface area contributed by atoms with Crippen LogP contribution in [0.3, 0.4) is 0 Å². The first kappa shape index (κ1) is 18.2. The zero-order chi connectivity index (χ0) is 19.0. The highest BCUT2D eigenvalue weighted by molar-refractivity contribution is 7.88. The van der Waals surface area contributed by atoms with Crippen LogP contribution >= 0.6 is 11.6 Å². The van der Waals surface area contributed by atoms with Crippen molar-refractivity contribution in [3.63, 3.8) is 0 Å². The zero-order valence-corrected chi connectivity index (χ0v) is 16.4. The second kappa shape index (κ2) is 7.10. The molecule has 0 fully saturated rings. The SMILES string of the molecule is CS(=O)(=O)N1CCc2c(nc(Cl)nc2NCCc2c[nH]c3ccccc23)C1. The van der Waals surface area contributed by atoms with Crippen molar-refractivity contribution in [2.24, 2.45) is 0 Å². The van der Waals surface area contributed by atoms with E-state index in [2.05, 4.69) is 32.4 Å². The van der Waals surface area contributed by atoms with E-state index in [1.165, 1.54) is 21.5 Å².